The van der Waals surface area contributed by atoms with E-state index in [1.807, 2.05) is 29.2 Å². The van der Waals surface area contributed by atoms with Crippen LogP contribution in [0.4, 0.5) is 0 Å². The number of aliphatic imine (C=N–C) groups is 1. The number of allylic oxidation sites excluding steroid dienone is 3. The monoisotopic (exact) mass is 768 g/mol. The van der Waals surface area contributed by atoms with E-state index in [0.29, 0.717) is 11.2 Å². The topological polar surface area (TPSA) is 41.4 Å². The quantitative estimate of drug-likeness (QED) is 0.183. The van der Waals surface area contributed by atoms with E-state index in [-0.39, 0.29) is 12.3 Å². The number of thioether (sulfide) groups is 1. The number of para-hydroxylation sites is 2. The molecule has 0 bridgehead atoms. The van der Waals surface area contributed by atoms with Crippen molar-refractivity contribution in [2.24, 2.45) is 4.99 Å². The molecule has 9 aromatic rings. The van der Waals surface area contributed by atoms with Gasteiger partial charge in [0.05, 0.1) is 11.0 Å². The number of benzene rings is 7. The van der Waals surface area contributed by atoms with Crippen LogP contribution in [0.1, 0.15) is 40.5 Å². The van der Waals surface area contributed by atoms with Gasteiger partial charge < -0.3 is 9.88 Å². The molecule has 0 amide bonds. The molecule has 2 N–H and O–H groups in total. The number of nitrogens with one attached hydrogen (secondary N) is 2. The summed E-state index contributed by atoms with van der Waals surface area (Å²) in [6.45, 7) is 0. The molecule has 1 aliphatic carbocycles. The second kappa shape index (κ2) is 13.2. The summed E-state index contributed by atoms with van der Waals surface area (Å²) in [4.78, 5) is 6.63. The van der Waals surface area contributed by atoms with Crippen LogP contribution in [0.25, 0.3) is 58.8 Å². The predicted octanol–water partition coefficient (Wildman–Crippen LogP) is 12.8. The minimum atomic E-state index is -0.202. The summed E-state index contributed by atoms with van der Waals surface area (Å²) in [5, 5.41) is 13.0. The molecular weight excluding hydrogens is 733 g/mol. The first-order valence-electron chi connectivity index (χ1n) is 19.6. The molecule has 2 aliphatic heterocycles. The molecule has 7 aromatic carbocycles. The summed E-state index contributed by atoms with van der Waals surface area (Å²) in [5.74, 6) is 1.20. The summed E-state index contributed by atoms with van der Waals surface area (Å²) in [5.41, 5.74) is 11.2. The molecule has 0 radical (unpaired) electrons. The molecule has 2 aromatic heterocycles. The first-order chi connectivity index (χ1) is 28.2. The van der Waals surface area contributed by atoms with Crippen LogP contribution in [-0.4, -0.2) is 15.7 Å². The van der Waals surface area contributed by atoms with E-state index in [2.05, 4.69) is 191 Å². The van der Waals surface area contributed by atoms with Crippen LogP contribution in [0.5, 0.6) is 0 Å². The Morgan fingerprint density at radius 1 is 0.596 bits per heavy atom. The van der Waals surface area contributed by atoms with Gasteiger partial charge in [-0.25, -0.2) is 4.99 Å². The Hall–Kier alpha value is -6.18. The van der Waals surface area contributed by atoms with Gasteiger partial charge in [-0.2, -0.15) is 0 Å². The molecule has 4 unspecified atom stereocenters. The Kier molecular flexibility index (Phi) is 7.65. The average Bonchev–Trinajstić information content (AvgIpc) is 3.96. The van der Waals surface area contributed by atoms with Crippen molar-refractivity contribution in [2.45, 2.75) is 28.4 Å². The van der Waals surface area contributed by atoms with Crippen LogP contribution in [0.3, 0.4) is 0 Å². The van der Waals surface area contributed by atoms with Crippen molar-refractivity contribution in [3.63, 3.8) is 0 Å². The number of hydrogen-bond acceptors (Lipinski definition) is 5. The predicted molar refractivity (Wildman–Crippen MR) is 241 cm³/mol. The number of rotatable bonds is 5. The highest BCUT2D eigenvalue weighted by atomic mass is 32.2. The highest BCUT2D eigenvalue weighted by Crippen LogP contribution is 2.54. The van der Waals surface area contributed by atoms with Gasteiger partial charge in [0.15, 0.2) is 0 Å². The van der Waals surface area contributed by atoms with Gasteiger partial charge in [-0.15, -0.1) is 23.1 Å². The van der Waals surface area contributed by atoms with Crippen LogP contribution >= 0.6 is 23.1 Å². The van der Waals surface area contributed by atoms with Crippen molar-refractivity contribution >= 4 is 76.6 Å². The van der Waals surface area contributed by atoms with E-state index in [4.69, 9.17) is 4.99 Å². The van der Waals surface area contributed by atoms with Crippen LogP contribution in [0.2, 0.25) is 0 Å². The number of amidine groups is 1. The largest absolute Gasteiger partial charge is 0.350 e. The molecular formula is C51H36N4S2. The Bertz CT molecular complexity index is 3080. The van der Waals surface area contributed by atoms with Crippen molar-refractivity contribution in [1.29, 1.82) is 0 Å². The molecule has 12 rings (SSSR count). The van der Waals surface area contributed by atoms with Gasteiger partial charge in [-0.3, -0.25) is 5.32 Å². The molecule has 6 heteroatoms. The lowest BCUT2D eigenvalue weighted by atomic mass is 9.89. The smallest absolute Gasteiger partial charge is 0.131 e. The van der Waals surface area contributed by atoms with Gasteiger partial charge in [0.2, 0.25) is 0 Å². The molecule has 57 heavy (non-hydrogen) atoms. The molecule has 0 fully saturated rings. The van der Waals surface area contributed by atoms with Crippen molar-refractivity contribution < 1.29 is 0 Å². The molecule has 4 heterocycles. The average molecular weight is 769 g/mol. The van der Waals surface area contributed by atoms with E-state index in [1.165, 1.54) is 74.8 Å². The van der Waals surface area contributed by atoms with E-state index < -0.39 is 0 Å². The zero-order valence-corrected chi connectivity index (χ0v) is 32.5. The molecule has 4 atom stereocenters. The minimum Gasteiger partial charge on any atom is -0.350 e. The number of aromatic nitrogens is 1. The Morgan fingerprint density at radius 2 is 1.30 bits per heavy atom. The van der Waals surface area contributed by atoms with E-state index >= 15 is 0 Å². The molecule has 272 valence electrons. The van der Waals surface area contributed by atoms with Gasteiger partial charge in [-0.1, -0.05) is 158 Å². The van der Waals surface area contributed by atoms with Crippen LogP contribution in [-0.2, 0) is 0 Å². The number of hydrogen-bond donors (Lipinski definition) is 2. The normalized spacial score (nSPS) is 20.1. The standard InChI is InChI=1S/C51H36N4S2/c1-3-13-31(14-4-1)49-52-50(32-15-5-2-6-16-32)54-51(53-49)33-25-27-37-38-19-11-20-39(47(38)57-46(37)29-33)40-21-12-22-41-42-30-34(26-28-45(42)56-48(40)41)55-43-23-9-7-17-35(43)36-18-8-10-24-44(36)55/h1-30,42,45,49,51,53H,(H,52,54). The second-order valence-corrected chi connectivity index (χ2v) is 17.3. The maximum Gasteiger partial charge on any atom is 0.131 e. The van der Waals surface area contributed by atoms with Gasteiger partial charge in [0.25, 0.3) is 0 Å². The Morgan fingerprint density at radius 3 is 2.11 bits per heavy atom. The highest BCUT2D eigenvalue weighted by Gasteiger charge is 2.35. The zero-order chi connectivity index (χ0) is 37.5. The Labute approximate surface area is 338 Å². The van der Waals surface area contributed by atoms with Gasteiger partial charge in [0, 0.05) is 63.8 Å². The SMILES string of the molecule is C1=CC2Sc3c(-c4cccc5c4sc4cc(C6N=C(c7ccccc7)NC(c7ccccc7)N6)ccc45)cccc3C2C=C1n1c2ccccc2c2ccccc21. The third-order valence-electron chi connectivity index (χ3n) is 11.8. The van der Waals surface area contributed by atoms with Crippen molar-refractivity contribution in [3.8, 4) is 11.1 Å². The lowest BCUT2D eigenvalue weighted by Gasteiger charge is -2.32. The molecule has 0 saturated carbocycles. The van der Waals surface area contributed by atoms with Crippen LogP contribution in [0, 0.1) is 0 Å². The number of nitrogens with zero attached hydrogens (tertiary/aromatic N) is 2. The van der Waals surface area contributed by atoms with Gasteiger partial charge in [-0.05, 0) is 46.5 Å². The Balaban J connectivity index is 0.930. The minimum absolute atomic E-state index is 0.0716. The first kappa shape index (κ1) is 33.0. The maximum absolute atomic E-state index is 5.23. The zero-order valence-electron chi connectivity index (χ0n) is 30.8. The lowest BCUT2D eigenvalue weighted by Crippen LogP contribution is -2.44. The maximum atomic E-state index is 5.23. The second-order valence-electron chi connectivity index (χ2n) is 15.1. The lowest BCUT2D eigenvalue weighted by molar-refractivity contribution is 0.409. The first-order valence-corrected chi connectivity index (χ1v) is 21.3. The summed E-state index contributed by atoms with van der Waals surface area (Å²) in [6, 6.07) is 59.3. The fraction of sp³-hybridized carbons (Fsp3) is 0.0784. The summed E-state index contributed by atoms with van der Waals surface area (Å²) < 4.78 is 5.06. The third-order valence-corrected chi connectivity index (χ3v) is 14.4. The van der Waals surface area contributed by atoms with E-state index in [0.717, 1.165) is 17.0 Å². The van der Waals surface area contributed by atoms with Crippen molar-refractivity contribution in [3.05, 3.63) is 204 Å². The van der Waals surface area contributed by atoms with E-state index in [9.17, 15) is 0 Å². The highest BCUT2D eigenvalue weighted by molar-refractivity contribution is 8.00. The summed E-state index contributed by atoms with van der Waals surface area (Å²) in [6.07, 6.45) is 7.01. The van der Waals surface area contributed by atoms with Crippen molar-refractivity contribution in [1.82, 2.24) is 15.2 Å². The van der Waals surface area contributed by atoms with Crippen molar-refractivity contribution in [2.75, 3.05) is 0 Å². The third kappa shape index (κ3) is 5.36. The van der Waals surface area contributed by atoms with Gasteiger partial charge >= 0.3 is 0 Å². The molecule has 4 nitrogen and oxygen atoms in total. The van der Waals surface area contributed by atoms with Crippen LogP contribution < -0.4 is 10.6 Å². The van der Waals surface area contributed by atoms with E-state index in [1.54, 1.807) is 0 Å². The summed E-state index contributed by atoms with van der Waals surface area (Å²) in [7, 11) is 0. The number of fused-ring (bicyclic) bond motifs is 9. The summed E-state index contributed by atoms with van der Waals surface area (Å²) >= 11 is 3.91. The van der Waals surface area contributed by atoms with Gasteiger partial charge in [0.1, 0.15) is 18.2 Å². The molecule has 0 spiro atoms. The fourth-order valence-electron chi connectivity index (χ4n) is 9.16. The molecule has 3 aliphatic rings. The fourth-order valence-corrected chi connectivity index (χ4v) is 11.9. The van der Waals surface area contributed by atoms with Crippen LogP contribution in [0.15, 0.2) is 192 Å². The molecule has 0 saturated heterocycles. The number of thiophene rings is 1.